The van der Waals surface area contributed by atoms with Gasteiger partial charge >= 0.3 is 18.1 Å². The average Bonchev–Trinajstić information content (AvgIpc) is 3.40. The van der Waals surface area contributed by atoms with Crippen LogP contribution in [0.25, 0.3) is 0 Å². The van der Waals surface area contributed by atoms with Gasteiger partial charge in [-0.25, -0.2) is 14.2 Å². The lowest BCUT2D eigenvalue weighted by Crippen LogP contribution is -2.42. The number of nitrogens with one attached hydrogen (secondary N) is 2. The monoisotopic (exact) mass is 572 g/mol. The van der Waals surface area contributed by atoms with Crippen molar-refractivity contribution in [3.8, 4) is 5.75 Å². The van der Waals surface area contributed by atoms with Gasteiger partial charge in [0, 0.05) is 23.9 Å². The van der Waals surface area contributed by atoms with Crippen LogP contribution in [-0.2, 0) is 9.59 Å². The maximum atomic E-state index is 14.2. The molecular weight excluding hydrogens is 548 g/mol. The Morgan fingerprint density at radius 1 is 1.13 bits per heavy atom. The SMILES string of the molecule is CC(c1cccc(Nc2cc[nH]n2)n1)[C@]1(C(=O)O)CC[C@H](Oc2cccc(Cl)c2F)CC1.O=C(O)C(F)(F)F. The number of carbonyl (C=O) groups is 2. The quantitative estimate of drug-likeness (QED) is 0.247. The maximum absolute atomic E-state index is 14.2. The van der Waals surface area contributed by atoms with Crippen molar-refractivity contribution in [2.75, 3.05) is 5.32 Å². The number of halogens is 5. The Balaban J connectivity index is 0.000000532. The molecule has 4 N–H and O–H groups in total. The highest BCUT2D eigenvalue weighted by atomic mass is 35.5. The summed E-state index contributed by atoms with van der Waals surface area (Å²) in [5.74, 6) is -3.22. The molecule has 1 aromatic carbocycles. The molecule has 2 heterocycles. The Hall–Kier alpha value is -3.87. The Morgan fingerprint density at radius 2 is 1.77 bits per heavy atom. The van der Waals surface area contributed by atoms with Gasteiger partial charge < -0.3 is 20.3 Å². The van der Waals surface area contributed by atoms with Crippen LogP contribution < -0.4 is 10.1 Å². The third kappa shape index (κ3) is 7.37. The summed E-state index contributed by atoms with van der Waals surface area (Å²) in [6.45, 7) is 1.90. The van der Waals surface area contributed by atoms with Crippen molar-refractivity contribution in [2.45, 2.75) is 50.8 Å². The van der Waals surface area contributed by atoms with Crippen LogP contribution in [0.4, 0.5) is 29.2 Å². The van der Waals surface area contributed by atoms with E-state index in [2.05, 4.69) is 20.5 Å². The van der Waals surface area contributed by atoms with Crippen molar-refractivity contribution in [3.05, 3.63) is 65.2 Å². The first-order valence-corrected chi connectivity index (χ1v) is 12.1. The number of aromatic nitrogens is 3. The molecule has 0 bridgehead atoms. The largest absolute Gasteiger partial charge is 0.490 e. The van der Waals surface area contributed by atoms with Gasteiger partial charge in [0.2, 0.25) is 0 Å². The lowest BCUT2D eigenvalue weighted by molar-refractivity contribution is -0.192. The van der Waals surface area contributed by atoms with Gasteiger partial charge in [-0.15, -0.1) is 0 Å². The number of H-pyrrole nitrogens is 1. The molecule has 1 aliphatic rings. The number of anilines is 2. The maximum Gasteiger partial charge on any atom is 0.490 e. The van der Waals surface area contributed by atoms with Crippen LogP contribution in [0.3, 0.4) is 0 Å². The van der Waals surface area contributed by atoms with Gasteiger partial charge in [0.05, 0.1) is 16.5 Å². The molecule has 4 rings (SSSR count). The van der Waals surface area contributed by atoms with E-state index < -0.39 is 29.3 Å². The zero-order valence-electron chi connectivity index (χ0n) is 20.5. The molecule has 1 fully saturated rings. The van der Waals surface area contributed by atoms with Crippen LogP contribution in [-0.4, -0.2) is 49.6 Å². The Labute approximate surface area is 225 Å². The molecule has 3 aromatic rings. The number of nitrogens with zero attached hydrogens (tertiary/aromatic N) is 2. The summed E-state index contributed by atoms with van der Waals surface area (Å²) in [6.07, 6.45) is -1.88. The minimum absolute atomic E-state index is 0.00113. The van der Waals surface area contributed by atoms with E-state index in [1.54, 1.807) is 18.3 Å². The van der Waals surface area contributed by atoms with Crippen molar-refractivity contribution in [1.82, 2.24) is 15.2 Å². The number of alkyl halides is 3. The van der Waals surface area contributed by atoms with Gasteiger partial charge in [0.1, 0.15) is 5.82 Å². The zero-order chi connectivity index (χ0) is 28.8. The molecule has 0 spiro atoms. The number of hydrogen-bond donors (Lipinski definition) is 4. The number of benzene rings is 1. The zero-order valence-corrected chi connectivity index (χ0v) is 21.3. The number of pyridine rings is 1. The van der Waals surface area contributed by atoms with Crippen molar-refractivity contribution in [2.24, 2.45) is 5.41 Å². The molecule has 0 aliphatic heterocycles. The van der Waals surface area contributed by atoms with Crippen LogP contribution in [0.15, 0.2) is 48.7 Å². The van der Waals surface area contributed by atoms with E-state index in [1.165, 1.54) is 12.1 Å². The lowest BCUT2D eigenvalue weighted by atomic mass is 9.64. The van der Waals surface area contributed by atoms with Gasteiger partial charge in [0.15, 0.2) is 17.4 Å². The van der Waals surface area contributed by atoms with E-state index in [0.29, 0.717) is 43.0 Å². The predicted octanol–water partition coefficient (Wildman–Crippen LogP) is 6.17. The molecule has 0 radical (unpaired) electrons. The molecule has 0 saturated heterocycles. The average molecular weight is 573 g/mol. The van der Waals surface area contributed by atoms with Crippen LogP contribution >= 0.6 is 11.6 Å². The second kappa shape index (κ2) is 12.3. The Bertz CT molecular complexity index is 1280. The smallest absolute Gasteiger partial charge is 0.487 e. The number of carboxylic acids is 2. The number of aliphatic carboxylic acids is 2. The molecular formula is C25H25ClF4N4O5. The fourth-order valence-corrected chi connectivity index (χ4v) is 4.48. The molecule has 1 aliphatic carbocycles. The summed E-state index contributed by atoms with van der Waals surface area (Å²) in [5.41, 5.74) is -0.293. The lowest BCUT2D eigenvalue weighted by Gasteiger charge is -2.40. The summed E-state index contributed by atoms with van der Waals surface area (Å²) in [6, 6.07) is 11.9. The number of carboxylic acid groups (broad SMARTS) is 2. The van der Waals surface area contributed by atoms with Crippen LogP contribution in [0.1, 0.15) is 44.2 Å². The number of aromatic amines is 1. The van der Waals surface area contributed by atoms with E-state index in [4.69, 9.17) is 26.2 Å². The van der Waals surface area contributed by atoms with Crippen molar-refractivity contribution >= 4 is 35.2 Å². The van der Waals surface area contributed by atoms with Gasteiger partial charge in [-0.3, -0.25) is 9.89 Å². The second-order valence-corrected chi connectivity index (χ2v) is 9.29. The summed E-state index contributed by atoms with van der Waals surface area (Å²) >= 11 is 5.83. The van der Waals surface area contributed by atoms with Crippen molar-refractivity contribution < 1.29 is 42.1 Å². The first kappa shape index (κ1) is 29.7. The van der Waals surface area contributed by atoms with Crippen molar-refractivity contribution in [1.29, 1.82) is 0 Å². The molecule has 9 nitrogen and oxygen atoms in total. The fraction of sp³-hybridized carbons (Fsp3) is 0.360. The van der Waals surface area contributed by atoms with Gasteiger partial charge in [-0.1, -0.05) is 30.7 Å². The summed E-state index contributed by atoms with van der Waals surface area (Å²) in [5, 5.41) is 27.2. The van der Waals surface area contributed by atoms with Crippen LogP contribution in [0.2, 0.25) is 5.02 Å². The third-order valence-corrected chi connectivity index (χ3v) is 6.80. The number of rotatable bonds is 7. The van der Waals surface area contributed by atoms with Crippen LogP contribution in [0.5, 0.6) is 5.75 Å². The molecule has 2 aromatic heterocycles. The Morgan fingerprint density at radius 3 is 2.33 bits per heavy atom. The highest BCUT2D eigenvalue weighted by Gasteiger charge is 2.48. The molecule has 0 amide bonds. The Kier molecular flexibility index (Phi) is 9.38. The van der Waals surface area contributed by atoms with Gasteiger partial charge in [-0.2, -0.15) is 18.3 Å². The van der Waals surface area contributed by atoms with Crippen LogP contribution in [0, 0.1) is 11.2 Å². The van der Waals surface area contributed by atoms with E-state index in [9.17, 15) is 27.5 Å². The van der Waals surface area contributed by atoms with E-state index in [-0.39, 0.29) is 22.8 Å². The topological polar surface area (TPSA) is 137 Å². The summed E-state index contributed by atoms with van der Waals surface area (Å²) in [7, 11) is 0. The van der Waals surface area contributed by atoms with Gasteiger partial charge in [-0.05, 0) is 49.9 Å². The van der Waals surface area contributed by atoms with Gasteiger partial charge in [0.25, 0.3) is 0 Å². The van der Waals surface area contributed by atoms with Crippen molar-refractivity contribution in [3.63, 3.8) is 0 Å². The molecule has 1 saturated carbocycles. The van der Waals surface area contributed by atoms with E-state index >= 15 is 0 Å². The standard InChI is InChI=1S/C23H24ClFN4O3.C2HF3O2/c1-14(17-5-3-7-19(27-17)28-20-10-13-26-29-20)23(22(30)31)11-8-15(9-12-23)32-18-6-2-4-16(24)21(18)25;3-2(4,5)1(6)7/h2-7,10,13-15H,8-9,11-12H2,1H3,(H,30,31)(H2,26,27,28,29);(H,6,7)/t14?,15-,23-;. The molecule has 210 valence electrons. The summed E-state index contributed by atoms with van der Waals surface area (Å²) in [4.78, 5) is 26.0. The number of hydrogen-bond acceptors (Lipinski definition) is 6. The first-order valence-electron chi connectivity index (χ1n) is 11.7. The minimum atomic E-state index is -5.08. The molecule has 39 heavy (non-hydrogen) atoms. The fourth-order valence-electron chi connectivity index (χ4n) is 4.32. The molecule has 1 atom stereocenters. The highest BCUT2D eigenvalue weighted by molar-refractivity contribution is 6.30. The highest BCUT2D eigenvalue weighted by Crippen LogP contribution is 2.48. The molecule has 14 heteroatoms. The normalized spacial score (nSPS) is 19.8. The summed E-state index contributed by atoms with van der Waals surface area (Å²) < 4.78 is 51.7. The first-order chi connectivity index (χ1) is 18.3. The predicted molar refractivity (Wildman–Crippen MR) is 133 cm³/mol. The third-order valence-electron chi connectivity index (χ3n) is 6.50. The minimum Gasteiger partial charge on any atom is -0.487 e. The molecule has 1 unspecified atom stereocenters. The second-order valence-electron chi connectivity index (χ2n) is 8.89. The van der Waals surface area contributed by atoms with E-state index in [0.717, 1.165) is 0 Å². The van der Waals surface area contributed by atoms with E-state index in [1.807, 2.05) is 25.1 Å². The number of ether oxygens (including phenoxy) is 1.